The molecule has 0 radical (unpaired) electrons. The van der Waals surface area contributed by atoms with E-state index in [0.29, 0.717) is 18.0 Å². The summed E-state index contributed by atoms with van der Waals surface area (Å²) in [6.07, 6.45) is 0. The van der Waals surface area contributed by atoms with Crippen LogP contribution in [0.3, 0.4) is 0 Å². The van der Waals surface area contributed by atoms with Crippen LogP contribution in [0.2, 0.25) is 0 Å². The molecule has 4 rings (SSSR count). The van der Waals surface area contributed by atoms with Crippen LogP contribution >= 0.6 is 11.3 Å². The van der Waals surface area contributed by atoms with Crippen LogP contribution in [0.15, 0.2) is 59.5 Å². The number of benzene rings is 2. The van der Waals surface area contributed by atoms with Crippen LogP contribution in [0.1, 0.15) is 5.01 Å². The van der Waals surface area contributed by atoms with Crippen LogP contribution in [0, 0.1) is 0 Å². The molecule has 130 valence electrons. The Hall–Kier alpha value is -1.80. The normalized spacial score (nSPS) is 17.1. The predicted octanol–water partition coefficient (Wildman–Crippen LogP) is 2.80. The van der Waals surface area contributed by atoms with Gasteiger partial charge in [0.2, 0.25) is 10.0 Å². The fraction of sp³-hybridized carbons (Fsp3) is 0.278. The highest BCUT2D eigenvalue weighted by Crippen LogP contribution is 2.23. The van der Waals surface area contributed by atoms with E-state index >= 15 is 0 Å². The zero-order chi connectivity index (χ0) is 17.3. The minimum absolute atomic E-state index is 0.370. The van der Waals surface area contributed by atoms with Crippen LogP contribution in [0.5, 0.6) is 0 Å². The van der Waals surface area contributed by atoms with Crippen molar-refractivity contribution in [3.05, 3.63) is 59.6 Å². The third kappa shape index (κ3) is 3.46. The van der Waals surface area contributed by atoms with Crippen molar-refractivity contribution in [2.24, 2.45) is 0 Å². The largest absolute Gasteiger partial charge is 0.294 e. The topological polar surface area (TPSA) is 53.5 Å². The van der Waals surface area contributed by atoms with Gasteiger partial charge in [0.15, 0.2) is 0 Å². The smallest absolute Gasteiger partial charge is 0.243 e. The van der Waals surface area contributed by atoms with E-state index in [1.54, 1.807) is 39.9 Å². The zero-order valence-electron chi connectivity index (χ0n) is 13.7. The molecule has 2 aromatic carbocycles. The maximum atomic E-state index is 12.7. The standard InChI is InChI=1S/C18H19N3O2S2/c22-25(23,15-6-2-1-3-7-15)21-12-10-20(11-13-21)14-18-19-16-8-4-5-9-17(16)24-18/h1-9H,10-14H2. The monoisotopic (exact) mass is 373 g/mol. The first-order valence-corrected chi connectivity index (χ1v) is 10.5. The van der Waals surface area contributed by atoms with E-state index in [-0.39, 0.29) is 0 Å². The molecule has 1 aromatic heterocycles. The fourth-order valence-corrected chi connectivity index (χ4v) is 5.50. The van der Waals surface area contributed by atoms with Crippen LogP contribution in [-0.4, -0.2) is 48.8 Å². The van der Waals surface area contributed by atoms with Gasteiger partial charge in [-0.3, -0.25) is 4.90 Å². The maximum absolute atomic E-state index is 12.7. The van der Waals surface area contributed by atoms with Crippen molar-refractivity contribution in [2.75, 3.05) is 26.2 Å². The maximum Gasteiger partial charge on any atom is 0.243 e. The zero-order valence-corrected chi connectivity index (χ0v) is 15.3. The van der Waals surface area contributed by atoms with E-state index in [1.807, 2.05) is 24.3 Å². The number of nitrogens with zero attached hydrogens (tertiary/aromatic N) is 3. The molecule has 1 aliphatic rings. The molecule has 0 N–H and O–H groups in total. The molecule has 1 aliphatic heterocycles. The quantitative estimate of drug-likeness (QED) is 0.706. The molecule has 2 heterocycles. The lowest BCUT2D eigenvalue weighted by Gasteiger charge is -2.33. The number of hydrogen-bond acceptors (Lipinski definition) is 5. The van der Waals surface area contributed by atoms with Crippen molar-refractivity contribution in [1.82, 2.24) is 14.2 Å². The van der Waals surface area contributed by atoms with Gasteiger partial charge < -0.3 is 0 Å². The molecule has 0 atom stereocenters. The Morgan fingerprint density at radius 2 is 1.60 bits per heavy atom. The molecule has 0 bridgehead atoms. The Morgan fingerprint density at radius 3 is 2.32 bits per heavy atom. The molecule has 1 saturated heterocycles. The van der Waals surface area contributed by atoms with Crippen LogP contribution < -0.4 is 0 Å². The summed E-state index contributed by atoms with van der Waals surface area (Å²) in [6.45, 7) is 3.26. The first-order chi connectivity index (χ1) is 12.1. The molecule has 25 heavy (non-hydrogen) atoms. The molecule has 5 nitrogen and oxygen atoms in total. The van der Waals surface area contributed by atoms with Gasteiger partial charge in [-0.1, -0.05) is 30.3 Å². The number of fused-ring (bicyclic) bond motifs is 1. The van der Waals surface area contributed by atoms with E-state index in [1.165, 1.54) is 4.70 Å². The van der Waals surface area contributed by atoms with Crippen molar-refractivity contribution in [1.29, 1.82) is 0 Å². The van der Waals surface area contributed by atoms with Gasteiger partial charge in [0.25, 0.3) is 0 Å². The predicted molar refractivity (Wildman–Crippen MR) is 100 cm³/mol. The van der Waals surface area contributed by atoms with Crippen molar-refractivity contribution >= 4 is 31.6 Å². The molecular formula is C18H19N3O2S2. The Balaban J connectivity index is 1.41. The highest BCUT2D eigenvalue weighted by Gasteiger charge is 2.28. The Morgan fingerprint density at radius 1 is 0.920 bits per heavy atom. The second kappa shape index (κ2) is 6.84. The summed E-state index contributed by atoms with van der Waals surface area (Å²) in [5, 5.41) is 1.08. The molecule has 3 aromatic rings. The number of piperazine rings is 1. The highest BCUT2D eigenvalue weighted by molar-refractivity contribution is 7.89. The lowest BCUT2D eigenvalue weighted by atomic mass is 10.3. The SMILES string of the molecule is O=S(=O)(c1ccccc1)N1CCN(Cc2nc3ccccc3s2)CC1. The van der Waals surface area contributed by atoms with Gasteiger partial charge in [0.1, 0.15) is 5.01 Å². The first kappa shape index (κ1) is 16.7. The van der Waals surface area contributed by atoms with Gasteiger partial charge in [-0.05, 0) is 24.3 Å². The second-order valence-electron chi connectivity index (χ2n) is 6.07. The molecule has 0 amide bonds. The van der Waals surface area contributed by atoms with E-state index in [4.69, 9.17) is 0 Å². The number of aromatic nitrogens is 1. The number of sulfonamides is 1. The number of hydrogen-bond donors (Lipinski definition) is 0. The summed E-state index contributed by atoms with van der Waals surface area (Å²) in [5.74, 6) is 0. The average molecular weight is 374 g/mol. The van der Waals surface area contributed by atoms with Gasteiger partial charge in [-0.25, -0.2) is 13.4 Å². The summed E-state index contributed by atoms with van der Waals surface area (Å²) in [7, 11) is -3.39. The van der Waals surface area contributed by atoms with Crippen molar-refractivity contribution < 1.29 is 8.42 Å². The van der Waals surface area contributed by atoms with E-state index < -0.39 is 10.0 Å². The Kier molecular flexibility index (Phi) is 4.56. The summed E-state index contributed by atoms with van der Waals surface area (Å²) in [6, 6.07) is 16.8. The van der Waals surface area contributed by atoms with Gasteiger partial charge >= 0.3 is 0 Å². The highest BCUT2D eigenvalue weighted by atomic mass is 32.2. The molecule has 0 spiro atoms. The Bertz CT molecular complexity index is 929. The number of thiazole rings is 1. The molecular weight excluding hydrogens is 354 g/mol. The van der Waals surface area contributed by atoms with Crippen LogP contribution in [0.4, 0.5) is 0 Å². The fourth-order valence-electron chi connectivity index (χ4n) is 3.05. The van der Waals surface area contributed by atoms with Gasteiger partial charge in [0.05, 0.1) is 21.7 Å². The minimum Gasteiger partial charge on any atom is -0.294 e. The van der Waals surface area contributed by atoms with Crippen molar-refractivity contribution in [3.63, 3.8) is 0 Å². The lowest BCUT2D eigenvalue weighted by molar-refractivity contribution is 0.181. The average Bonchev–Trinajstić information content (AvgIpc) is 3.05. The van der Waals surface area contributed by atoms with Crippen LogP contribution in [-0.2, 0) is 16.6 Å². The van der Waals surface area contributed by atoms with Gasteiger partial charge in [0, 0.05) is 26.2 Å². The van der Waals surface area contributed by atoms with E-state index in [0.717, 1.165) is 30.2 Å². The summed E-state index contributed by atoms with van der Waals surface area (Å²) >= 11 is 1.71. The summed E-state index contributed by atoms with van der Waals surface area (Å²) in [5.41, 5.74) is 1.03. The Labute approximate surface area is 151 Å². The summed E-state index contributed by atoms with van der Waals surface area (Å²) in [4.78, 5) is 7.31. The molecule has 0 saturated carbocycles. The van der Waals surface area contributed by atoms with Crippen LogP contribution in [0.25, 0.3) is 10.2 Å². The van der Waals surface area contributed by atoms with E-state index in [2.05, 4.69) is 16.0 Å². The first-order valence-electron chi connectivity index (χ1n) is 8.25. The molecule has 0 aliphatic carbocycles. The van der Waals surface area contributed by atoms with Crippen molar-refractivity contribution in [3.8, 4) is 0 Å². The van der Waals surface area contributed by atoms with Gasteiger partial charge in [-0.15, -0.1) is 11.3 Å². The third-order valence-corrected chi connectivity index (χ3v) is 7.34. The van der Waals surface area contributed by atoms with Crippen molar-refractivity contribution in [2.45, 2.75) is 11.4 Å². The molecule has 7 heteroatoms. The second-order valence-corrected chi connectivity index (χ2v) is 9.12. The lowest BCUT2D eigenvalue weighted by Crippen LogP contribution is -2.48. The molecule has 1 fully saturated rings. The number of rotatable bonds is 4. The summed E-state index contributed by atoms with van der Waals surface area (Å²) < 4.78 is 28.1. The minimum atomic E-state index is -3.39. The third-order valence-electron chi connectivity index (χ3n) is 4.41. The van der Waals surface area contributed by atoms with E-state index in [9.17, 15) is 8.42 Å². The number of para-hydroxylation sites is 1. The molecule has 0 unspecified atom stereocenters. The van der Waals surface area contributed by atoms with Gasteiger partial charge in [-0.2, -0.15) is 4.31 Å².